The summed E-state index contributed by atoms with van der Waals surface area (Å²) in [5, 5.41) is 0. The fourth-order valence-electron chi connectivity index (χ4n) is 3.58. The van der Waals surface area contributed by atoms with Crippen molar-refractivity contribution in [3.8, 4) is 0 Å². The van der Waals surface area contributed by atoms with Gasteiger partial charge in [-0.1, -0.05) is 0 Å². The topological polar surface area (TPSA) is 51.7 Å². The predicted octanol–water partition coefficient (Wildman–Crippen LogP) is 2.05. The van der Waals surface area contributed by atoms with Gasteiger partial charge in [-0.25, -0.2) is 0 Å². The van der Waals surface area contributed by atoms with Crippen molar-refractivity contribution < 1.29 is 14.3 Å². The molecule has 5 nitrogen and oxygen atoms in total. The average Bonchev–Trinajstić information content (AvgIpc) is 2.90. The number of piperidine rings is 1. The van der Waals surface area contributed by atoms with Crippen LogP contribution in [0.2, 0.25) is 0 Å². The lowest BCUT2D eigenvalue weighted by molar-refractivity contribution is 0.0281. The maximum Gasteiger partial charge on any atom is 0.255 e. The molecule has 1 spiro atoms. The smallest absolute Gasteiger partial charge is 0.255 e. The number of aryl methyl sites for hydroxylation is 1. The summed E-state index contributed by atoms with van der Waals surface area (Å²) in [5.41, 5.74) is 1.95. The molecule has 2 aliphatic heterocycles. The average molecular weight is 304 g/mol. The summed E-state index contributed by atoms with van der Waals surface area (Å²) >= 11 is 0. The van der Waals surface area contributed by atoms with E-state index < -0.39 is 0 Å². The summed E-state index contributed by atoms with van der Waals surface area (Å²) < 4.78 is 11.0. The summed E-state index contributed by atoms with van der Waals surface area (Å²) in [6.45, 7) is 5.03. The molecular formula is C17H24N2O3. The Labute approximate surface area is 131 Å². The SMILES string of the molecule is COC[C@@H]1CC2(CCN(C(=O)c3cncc(C)c3)CC2)CO1. The molecule has 0 saturated carbocycles. The van der Waals surface area contributed by atoms with Gasteiger partial charge in [0.1, 0.15) is 0 Å². The third kappa shape index (κ3) is 3.15. The predicted molar refractivity (Wildman–Crippen MR) is 82.8 cm³/mol. The van der Waals surface area contributed by atoms with E-state index in [1.165, 1.54) is 0 Å². The molecule has 1 atom stereocenters. The van der Waals surface area contributed by atoms with Crippen molar-refractivity contribution in [1.29, 1.82) is 0 Å². The first kappa shape index (κ1) is 15.4. The highest BCUT2D eigenvalue weighted by molar-refractivity contribution is 5.94. The molecule has 3 rings (SSSR count). The number of ether oxygens (including phenoxy) is 2. The zero-order chi connectivity index (χ0) is 15.6. The molecule has 2 saturated heterocycles. The van der Waals surface area contributed by atoms with E-state index in [1.807, 2.05) is 17.9 Å². The summed E-state index contributed by atoms with van der Waals surface area (Å²) in [4.78, 5) is 18.6. The lowest BCUT2D eigenvalue weighted by atomic mass is 9.76. The second-order valence-corrected chi connectivity index (χ2v) is 6.64. The number of likely N-dealkylation sites (tertiary alicyclic amines) is 1. The van der Waals surface area contributed by atoms with E-state index in [0.29, 0.717) is 12.2 Å². The van der Waals surface area contributed by atoms with Crippen LogP contribution in [-0.4, -0.2) is 55.3 Å². The van der Waals surface area contributed by atoms with Crippen LogP contribution in [0.5, 0.6) is 0 Å². The lowest BCUT2D eigenvalue weighted by Gasteiger charge is -2.38. The Morgan fingerprint density at radius 2 is 2.23 bits per heavy atom. The van der Waals surface area contributed by atoms with Gasteiger partial charge in [0.05, 0.1) is 24.9 Å². The second-order valence-electron chi connectivity index (χ2n) is 6.64. The summed E-state index contributed by atoms with van der Waals surface area (Å²) in [6.07, 6.45) is 6.72. The summed E-state index contributed by atoms with van der Waals surface area (Å²) in [5.74, 6) is 0.0957. The Kier molecular flexibility index (Phi) is 4.45. The molecule has 0 N–H and O–H groups in total. The van der Waals surface area contributed by atoms with Crippen LogP contribution < -0.4 is 0 Å². The second kappa shape index (κ2) is 6.34. The van der Waals surface area contributed by atoms with E-state index in [1.54, 1.807) is 19.5 Å². The summed E-state index contributed by atoms with van der Waals surface area (Å²) in [7, 11) is 1.71. The number of hydrogen-bond donors (Lipinski definition) is 0. The van der Waals surface area contributed by atoms with Gasteiger partial charge in [0.2, 0.25) is 0 Å². The van der Waals surface area contributed by atoms with Crippen LogP contribution in [-0.2, 0) is 9.47 Å². The monoisotopic (exact) mass is 304 g/mol. The molecule has 5 heteroatoms. The van der Waals surface area contributed by atoms with Crippen LogP contribution in [0, 0.1) is 12.3 Å². The molecule has 0 aliphatic carbocycles. The van der Waals surface area contributed by atoms with E-state index in [-0.39, 0.29) is 17.4 Å². The number of carbonyl (C=O) groups is 1. The molecule has 0 radical (unpaired) electrons. The van der Waals surface area contributed by atoms with Crippen LogP contribution in [0.3, 0.4) is 0 Å². The Morgan fingerprint density at radius 3 is 2.91 bits per heavy atom. The van der Waals surface area contributed by atoms with E-state index in [2.05, 4.69) is 4.98 Å². The van der Waals surface area contributed by atoms with E-state index >= 15 is 0 Å². The van der Waals surface area contributed by atoms with E-state index in [4.69, 9.17) is 9.47 Å². The maximum absolute atomic E-state index is 12.6. The van der Waals surface area contributed by atoms with Gasteiger partial charge in [-0.2, -0.15) is 0 Å². The Morgan fingerprint density at radius 1 is 1.45 bits per heavy atom. The van der Waals surface area contributed by atoms with E-state index in [0.717, 1.165) is 44.5 Å². The number of rotatable bonds is 3. The van der Waals surface area contributed by atoms with Crippen molar-refractivity contribution in [2.45, 2.75) is 32.3 Å². The molecule has 120 valence electrons. The lowest BCUT2D eigenvalue weighted by Crippen LogP contribution is -2.43. The fraction of sp³-hybridized carbons (Fsp3) is 0.647. The minimum absolute atomic E-state index is 0.0957. The summed E-state index contributed by atoms with van der Waals surface area (Å²) in [6, 6.07) is 1.91. The Hall–Kier alpha value is -1.46. The molecular weight excluding hydrogens is 280 g/mol. The van der Waals surface area contributed by atoms with Gasteiger partial charge in [-0.05, 0) is 43.2 Å². The molecule has 2 aliphatic rings. The molecule has 0 unspecified atom stereocenters. The van der Waals surface area contributed by atoms with Gasteiger partial charge in [-0.15, -0.1) is 0 Å². The molecule has 1 aromatic rings. The molecule has 1 aromatic heterocycles. The number of amides is 1. The van der Waals surface area contributed by atoms with Crippen molar-refractivity contribution in [2.24, 2.45) is 5.41 Å². The van der Waals surface area contributed by atoms with Crippen molar-refractivity contribution in [2.75, 3.05) is 33.4 Å². The Balaban J connectivity index is 1.59. The highest BCUT2D eigenvalue weighted by Gasteiger charge is 2.43. The molecule has 1 amide bonds. The van der Waals surface area contributed by atoms with Gasteiger partial charge in [0.15, 0.2) is 0 Å². The van der Waals surface area contributed by atoms with Crippen molar-refractivity contribution in [1.82, 2.24) is 9.88 Å². The van der Waals surface area contributed by atoms with Crippen molar-refractivity contribution in [3.63, 3.8) is 0 Å². The Bertz CT molecular complexity index is 538. The minimum Gasteiger partial charge on any atom is -0.382 e. The number of methoxy groups -OCH3 is 1. The molecule has 3 heterocycles. The third-order valence-corrected chi connectivity index (χ3v) is 4.87. The maximum atomic E-state index is 12.6. The molecule has 22 heavy (non-hydrogen) atoms. The van der Waals surface area contributed by atoms with Crippen LogP contribution in [0.1, 0.15) is 35.2 Å². The normalized spacial score (nSPS) is 23.9. The largest absolute Gasteiger partial charge is 0.382 e. The van der Waals surface area contributed by atoms with Crippen LogP contribution in [0.15, 0.2) is 18.5 Å². The first-order valence-corrected chi connectivity index (χ1v) is 7.93. The first-order valence-electron chi connectivity index (χ1n) is 7.93. The number of carbonyl (C=O) groups excluding carboxylic acids is 1. The number of hydrogen-bond acceptors (Lipinski definition) is 4. The van der Waals surface area contributed by atoms with Crippen LogP contribution >= 0.6 is 0 Å². The number of aromatic nitrogens is 1. The van der Waals surface area contributed by atoms with Crippen LogP contribution in [0.25, 0.3) is 0 Å². The standard InChI is InChI=1S/C17H24N2O3/c1-13-7-14(10-18-9-13)16(20)19-5-3-17(4-6-19)8-15(11-21-2)22-12-17/h7,9-10,15H,3-6,8,11-12H2,1-2H3/t15-/m0/s1. The van der Waals surface area contributed by atoms with Gasteiger partial charge >= 0.3 is 0 Å². The van der Waals surface area contributed by atoms with Gasteiger partial charge in [0.25, 0.3) is 5.91 Å². The van der Waals surface area contributed by atoms with Crippen LogP contribution in [0.4, 0.5) is 0 Å². The van der Waals surface area contributed by atoms with Gasteiger partial charge in [0, 0.05) is 32.6 Å². The fourth-order valence-corrected chi connectivity index (χ4v) is 3.58. The zero-order valence-corrected chi connectivity index (χ0v) is 13.4. The van der Waals surface area contributed by atoms with E-state index in [9.17, 15) is 4.79 Å². The quantitative estimate of drug-likeness (QED) is 0.857. The third-order valence-electron chi connectivity index (χ3n) is 4.87. The zero-order valence-electron chi connectivity index (χ0n) is 13.4. The first-order chi connectivity index (χ1) is 10.6. The highest BCUT2D eigenvalue weighted by atomic mass is 16.5. The number of nitrogens with zero attached hydrogens (tertiary/aromatic N) is 2. The molecule has 2 fully saturated rings. The minimum atomic E-state index is 0.0957. The van der Waals surface area contributed by atoms with Gasteiger partial charge in [-0.3, -0.25) is 9.78 Å². The number of pyridine rings is 1. The molecule has 0 bridgehead atoms. The van der Waals surface area contributed by atoms with Crippen molar-refractivity contribution in [3.05, 3.63) is 29.6 Å². The highest BCUT2D eigenvalue weighted by Crippen LogP contribution is 2.42. The molecule has 0 aromatic carbocycles. The van der Waals surface area contributed by atoms with Crippen molar-refractivity contribution >= 4 is 5.91 Å². The van der Waals surface area contributed by atoms with Gasteiger partial charge < -0.3 is 14.4 Å².